The largest absolute Gasteiger partial charge is 0.321 e. The number of imidazole rings is 1. The summed E-state index contributed by atoms with van der Waals surface area (Å²) in [6, 6.07) is 0. The molecule has 92 valence electrons. The third-order valence-electron chi connectivity index (χ3n) is 2.59. The van der Waals surface area contributed by atoms with Crippen LogP contribution >= 0.6 is 11.6 Å². The van der Waals surface area contributed by atoms with Gasteiger partial charge in [-0.2, -0.15) is 5.10 Å². The summed E-state index contributed by atoms with van der Waals surface area (Å²) in [5.74, 6) is 0.937. The molecule has 0 amide bonds. The van der Waals surface area contributed by atoms with E-state index in [4.69, 9.17) is 11.6 Å². The average molecular weight is 254 g/mol. The van der Waals surface area contributed by atoms with E-state index < -0.39 is 0 Å². The van der Waals surface area contributed by atoms with Crippen LogP contribution in [0.25, 0.3) is 0 Å². The molecule has 0 saturated carbocycles. The van der Waals surface area contributed by atoms with E-state index in [1.165, 1.54) is 5.56 Å². The second-order valence-corrected chi connectivity index (χ2v) is 4.40. The predicted molar refractivity (Wildman–Crippen MR) is 66.9 cm³/mol. The summed E-state index contributed by atoms with van der Waals surface area (Å²) in [7, 11) is 1.91. The first-order valence-electron chi connectivity index (χ1n) is 5.52. The third-order valence-corrected chi connectivity index (χ3v) is 2.94. The second-order valence-electron chi connectivity index (χ2n) is 4.01. The molecule has 2 heterocycles. The number of nitrogens with zero attached hydrogens (tertiary/aromatic N) is 4. The number of nitrogens with one attached hydrogen (secondary N) is 1. The number of hydrogen-bond acceptors (Lipinski definition) is 3. The molecule has 1 N–H and O–H groups in total. The summed E-state index contributed by atoms with van der Waals surface area (Å²) in [4.78, 5) is 4.21. The zero-order chi connectivity index (χ0) is 12.3. The minimum atomic E-state index is 0.657. The van der Waals surface area contributed by atoms with Crippen molar-refractivity contribution in [1.82, 2.24) is 24.6 Å². The molecule has 0 spiro atoms. The molecule has 2 aromatic heterocycles. The van der Waals surface area contributed by atoms with Gasteiger partial charge in [0.1, 0.15) is 11.0 Å². The van der Waals surface area contributed by atoms with E-state index in [1.54, 1.807) is 6.20 Å². The van der Waals surface area contributed by atoms with Crippen LogP contribution in [0.15, 0.2) is 18.6 Å². The number of hydrogen-bond donors (Lipinski definition) is 1. The van der Waals surface area contributed by atoms with Crippen molar-refractivity contribution in [2.75, 3.05) is 6.54 Å². The Morgan fingerprint density at radius 2 is 2.24 bits per heavy atom. The van der Waals surface area contributed by atoms with Crippen LogP contribution in [0.4, 0.5) is 0 Å². The molecule has 0 aliphatic rings. The Morgan fingerprint density at radius 1 is 1.41 bits per heavy atom. The molecule has 0 bridgehead atoms. The summed E-state index contributed by atoms with van der Waals surface area (Å²) in [6.07, 6.45) is 5.55. The fraction of sp³-hybridized carbons (Fsp3) is 0.455. The van der Waals surface area contributed by atoms with Crippen LogP contribution in [-0.2, 0) is 20.1 Å². The van der Waals surface area contributed by atoms with Crippen molar-refractivity contribution in [3.8, 4) is 0 Å². The van der Waals surface area contributed by atoms with Crippen molar-refractivity contribution in [3.05, 3.63) is 35.1 Å². The Kier molecular flexibility index (Phi) is 3.81. The van der Waals surface area contributed by atoms with Gasteiger partial charge in [0.15, 0.2) is 0 Å². The highest BCUT2D eigenvalue weighted by atomic mass is 35.5. The first-order valence-corrected chi connectivity index (χ1v) is 5.90. The average Bonchev–Trinajstić information content (AvgIpc) is 2.84. The molecule has 0 atom stereocenters. The first kappa shape index (κ1) is 12.1. The van der Waals surface area contributed by atoms with E-state index in [-0.39, 0.29) is 0 Å². The summed E-state index contributed by atoms with van der Waals surface area (Å²) in [6.45, 7) is 4.45. The van der Waals surface area contributed by atoms with Crippen molar-refractivity contribution in [1.29, 1.82) is 0 Å². The van der Waals surface area contributed by atoms with Crippen LogP contribution < -0.4 is 5.32 Å². The second kappa shape index (κ2) is 5.33. The van der Waals surface area contributed by atoms with E-state index in [0.717, 1.165) is 18.9 Å². The van der Waals surface area contributed by atoms with Crippen molar-refractivity contribution >= 4 is 11.6 Å². The van der Waals surface area contributed by atoms with Crippen molar-refractivity contribution in [2.24, 2.45) is 7.05 Å². The number of halogens is 1. The molecule has 0 aromatic carbocycles. The molecule has 2 rings (SSSR count). The topological polar surface area (TPSA) is 47.7 Å². The molecule has 5 nitrogen and oxygen atoms in total. The van der Waals surface area contributed by atoms with Gasteiger partial charge < -0.3 is 9.88 Å². The lowest BCUT2D eigenvalue weighted by Crippen LogP contribution is -2.21. The minimum absolute atomic E-state index is 0.657. The SMILES string of the molecule is Cc1cnn(CCNCc2ncc(Cl)n2C)c1. The van der Waals surface area contributed by atoms with Gasteiger partial charge in [-0.25, -0.2) is 4.98 Å². The lowest BCUT2D eigenvalue weighted by atomic mass is 10.4. The van der Waals surface area contributed by atoms with Gasteiger partial charge in [-0.3, -0.25) is 4.68 Å². The third kappa shape index (κ3) is 3.08. The molecule has 0 fully saturated rings. The van der Waals surface area contributed by atoms with Crippen LogP contribution in [-0.4, -0.2) is 25.9 Å². The highest BCUT2D eigenvalue weighted by Gasteiger charge is 2.03. The first-order chi connectivity index (χ1) is 8.16. The predicted octanol–water partition coefficient (Wildman–Crippen LogP) is 1.37. The fourth-order valence-corrected chi connectivity index (χ4v) is 1.72. The zero-order valence-electron chi connectivity index (χ0n) is 10.0. The Balaban J connectivity index is 1.75. The highest BCUT2D eigenvalue weighted by Crippen LogP contribution is 2.08. The maximum Gasteiger partial charge on any atom is 0.128 e. The lowest BCUT2D eigenvalue weighted by Gasteiger charge is -2.05. The maximum absolute atomic E-state index is 5.90. The monoisotopic (exact) mass is 253 g/mol. The summed E-state index contributed by atoms with van der Waals surface area (Å²) in [5, 5.41) is 8.18. The van der Waals surface area contributed by atoms with E-state index in [0.29, 0.717) is 11.7 Å². The minimum Gasteiger partial charge on any atom is -0.321 e. The maximum atomic E-state index is 5.90. The molecule has 0 unspecified atom stereocenters. The van der Waals surface area contributed by atoms with Gasteiger partial charge in [-0.1, -0.05) is 11.6 Å². The summed E-state index contributed by atoms with van der Waals surface area (Å²) in [5.41, 5.74) is 1.18. The van der Waals surface area contributed by atoms with Gasteiger partial charge in [-0.05, 0) is 12.5 Å². The number of aromatic nitrogens is 4. The molecule has 0 aliphatic carbocycles. The Morgan fingerprint density at radius 3 is 2.82 bits per heavy atom. The van der Waals surface area contributed by atoms with Crippen molar-refractivity contribution < 1.29 is 0 Å². The van der Waals surface area contributed by atoms with Gasteiger partial charge in [0.25, 0.3) is 0 Å². The lowest BCUT2D eigenvalue weighted by molar-refractivity contribution is 0.542. The molecule has 0 radical (unpaired) electrons. The zero-order valence-corrected chi connectivity index (χ0v) is 10.8. The van der Waals surface area contributed by atoms with E-state index in [2.05, 4.69) is 15.4 Å². The van der Waals surface area contributed by atoms with Crippen LogP contribution in [0.2, 0.25) is 5.15 Å². The molecule has 17 heavy (non-hydrogen) atoms. The van der Waals surface area contributed by atoms with E-state index in [9.17, 15) is 0 Å². The Bertz CT molecular complexity index is 488. The van der Waals surface area contributed by atoms with Crippen LogP contribution in [0.3, 0.4) is 0 Å². The Hall–Kier alpha value is -1.33. The molecule has 6 heteroatoms. The van der Waals surface area contributed by atoms with E-state index >= 15 is 0 Å². The quantitative estimate of drug-likeness (QED) is 0.819. The van der Waals surface area contributed by atoms with E-state index in [1.807, 2.05) is 35.6 Å². The van der Waals surface area contributed by atoms with Crippen molar-refractivity contribution in [3.63, 3.8) is 0 Å². The van der Waals surface area contributed by atoms with Crippen LogP contribution in [0.5, 0.6) is 0 Å². The molecular weight excluding hydrogens is 238 g/mol. The molecule has 0 aliphatic heterocycles. The molecule has 2 aromatic rings. The standard InChI is InChI=1S/C11H16ClN5/c1-9-5-15-17(8-9)4-3-13-7-11-14-6-10(12)16(11)2/h5-6,8,13H,3-4,7H2,1-2H3. The summed E-state index contributed by atoms with van der Waals surface area (Å²) >= 11 is 5.90. The van der Waals surface area contributed by atoms with Crippen LogP contribution in [0.1, 0.15) is 11.4 Å². The normalized spacial score (nSPS) is 11.0. The van der Waals surface area contributed by atoms with Gasteiger partial charge in [0.2, 0.25) is 0 Å². The van der Waals surface area contributed by atoms with Crippen LogP contribution in [0, 0.1) is 6.92 Å². The van der Waals surface area contributed by atoms with Gasteiger partial charge in [0, 0.05) is 19.8 Å². The molecular formula is C11H16ClN5. The van der Waals surface area contributed by atoms with Crippen molar-refractivity contribution in [2.45, 2.75) is 20.0 Å². The number of aryl methyl sites for hydroxylation is 1. The highest BCUT2D eigenvalue weighted by molar-refractivity contribution is 6.29. The van der Waals surface area contributed by atoms with Gasteiger partial charge >= 0.3 is 0 Å². The summed E-state index contributed by atoms with van der Waals surface area (Å²) < 4.78 is 3.79. The molecule has 0 saturated heterocycles. The van der Waals surface area contributed by atoms with Gasteiger partial charge in [-0.15, -0.1) is 0 Å². The smallest absolute Gasteiger partial charge is 0.128 e. The Labute approximate surface area is 105 Å². The fourth-order valence-electron chi connectivity index (χ4n) is 1.57. The van der Waals surface area contributed by atoms with Gasteiger partial charge in [0.05, 0.1) is 25.5 Å². The number of rotatable bonds is 5.